The Morgan fingerprint density at radius 2 is 1.38 bits per heavy atom. The number of hydrogen-bond acceptors (Lipinski definition) is 4. The first-order valence-corrected chi connectivity index (χ1v) is 6.47. The summed E-state index contributed by atoms with van der Waals surface area (Å²) >= 11 is 0. The molecule has 2 aromatic rings. The molecule has 21 heavy (non-hydrogen) atoms. The van der Waals surface area contributed by atoms with Gasteiger partial charge in [-0.25, -0.2) is 0 Å². The van der Waals surface area contributed by atoms with E-state index in [-0.39, 0.29) is 39.7 Å². The van der Waals surface area contributed by atoms with Crippen molar-refractivity contribution in [2.45, 2.75) is 13.8 Å². The van der Waals surface area contributed by atoms with Crippen LogP contribution in [0.1, 0.15) is 50.5 Å². The topological polar surface area (TPSA) is 77.2 Å². The maximum Gasteiger partial charge on any atom is 0.193 e. The minimum absolute atomic E-state index is 0.0665. The fourth-order valence-electron chi connectivity index (χ4n) is 2.24. The van der Waals surface area contributed by atoms with Crippen LogP contribution >= 0.6 is 0 Å². The maximum absolute atomic E-state index is 12.5. The number of rotatable bonds is 4. The van der Waals surface area contributed by atoms with Crippen LogP contribution in [0.2, 0.25) is 0 Å². The first kappa shape index (κ1) is 14.7. The van der Waals surface area contributed by atoms with E-state index in [1.807, 2.05) is 0 Å². The number of anilines is 1. The van der Waals surface area contributed by atoms with Gasteiger partial charge in [0, 0.05) is 16.7 Å². The van der Waals surface area contributed by atoms with E-state index >= 15 is 0 Å². The van der Waals surface area contributed by atoms with Crippen LogP contribution in [0.15, 0.2) is 42.5 Å². The Kier molecular flexibility index (Phi) is 3.98. The molecule has 0 atom stereocenters. The average Bonchev–Trinajstić information content (AvgIpc) is 2.46. The van der Waals surface area contributed by atoms with Crippen molar-refractivity contribution in [3.05, 3.63) is 64.7 Å². The number of nitrogens with two attached hydrogens (primary N) is 1. The fraction of sp³-hybridized carbons (Fsp3) is 0.118. The number of hydrogen-bond donors (Lipinski definition) is 1. The Morgan fingerprint density at radius 1 is 0.810 bits per heavy atom. The summed E-state index contributed by atoms with van der Waals surface area (Å²) in [5.74, 6) is -0.869. The Bertz CT molecular complexity index is 733. The lowest BCUT2D eigenvalue weighted by atomic mass is 9.92. The summed E-state index contributed by atoms with van der Waals surface area (Å²) in [4.78, 5) is 35.9. The molecule has 106 valence electrons. The molecule has 2 aromatic carbocycles. The Morgan fingerprint density at radius 3 is 1.90 bits per heavy atom. The third kappa shape index (κ3) is 2.74. The average molecular weight is 281 g/mol. The molecular formula is C17H15NO3. The number of carbonyl (C=O) groups excluding carboxylic acids is 3. The van der Waals surface area contributed by atoms with E-state index in [0.29, 0.717) is 5.56 Å². The Hall–Kier alpha value is -2.75. The molecule has 4 heteroatoms. The fourth-order valence-corrected chi connectivity index (χ4v) is 2.24. The molecule has 0 radical (unpaired) electrons. The van der Waals surface area contributed by atoms with Crippen molar-refractivity contribution in [1.82, 2.24) is 0 Å². The molecule has 0 saturated heterocycles. The van der Waals surface area contributed by atoms with Gasteiger partial charge in [0.2, 0.25) is 0 Å². The molecule has 0 saturated carbocycles. The second-order valence-corrected chi connectivity index (χ2v) is 4.76. The van der Waals surface area contributed by atoms with Gasteiger partial charge in [-0.1, -0.05) is 30.3 Å². The molecule has 2 N–H and O–H groups in total. The van der Waals surface area contributed by atoms with Gasteiger partial charge in [-0.3, -0.25) is 14.4 Å². The second kappa shape index (κ2) is 5.71. The van der Waals surface area contributed by atoms with Gasteiger partial charge in [-0.2, -0.15) is 0 Å². The molecule has 0 fully saturated rings. The van der Waals surface area contributed by atoms with Gasteiger partial charge >= 0.3 is 0 Å². The van der Waals surface area contributed by atoms with E-state index in [1.54, 1.807) is 30.3 Å². The SMILES string of the molecule is CC(=O)c1ccc(C(=O)c2ccccc2)c(C(C)=O)c1N. The van der Waals surface area contributed by atoms with E-state index in [2.05, 4.69) is 0 Å². The number of nitrogen functional groups attached to an aromatic ring is 1. The van der Waals surface area contributed by atoms with Crippen LogP contribution in [0.25, 0.3) is 0 Å². The minimum Gasteiger partial charge on any atom is -0.398 e. The number of benzene rings is 2. The first-order chi connectivity index (χ1) is 9.93. The van der Waals surface area contributed by atoms with E-state index < -0.39 is 0 Å². The summed E-state index contributed by atoms with van der Waals surface area (Å²) < 4.78 is 0. The van der Waals surface area contributed by atoms with Gasteiger partial charge in [0.15, 0.2) is 17.3 Å². The molecule has 0 heterocycles. The largest absolute Gasteiger partial charge is 0.398 e. The van der Waals surface area contributed by atoms with Crippen molar-refractivity contribution in [1.29, 1.82) is 0 Å². The van der Waals surface area contributed by atoms with Gasteiger partial charge < -0.3 is 5.73 Å². The van der Waals surface area contributed by atoms with E-state index in [0.717, 1.165) is 0 Å². The number of carbonyl (C=O) groups is 3. The predicted octanol–water partition coefficient (Wildman–Crippen LogP) is 2.91. The molecular weight excluding hydrogens is 266 g/mol. The van der Waals surface area contributed by atoms with Crippen LogP contribution in [0.3, 0.4) is 0 Å². The number of Topliss-reactive ketones (excluding diaryl/α,β-unsaturated/α-hetero) is 2. The summed E-state index contributed by atoms with van der Waals surface area (Å²) in [7, 11) is 0. The van der Waals surface area contributed by atoms with Gasteiger partial charge in [0.05, 0.1) is 11.3 Å². The highest BCUT2D eigenvalue weighted by molar-refractivity contribution is 6.19. The zero-order valence-corrected chi connectivity index (χ0v) is 11.8. The molecule has 0 unspecified atom stereocenters. The summed E-state index contributed by atoms with van der Waals surface area (Å²) in [6.07, 6.45) is 0. The molecule has 4 nitrogen and oxygen atoms in total. The van der Waals surface area contributed by atoms with Crippen LogP contribution in [-0.2, 0) is 0 Å². The highest BCUT2D eigenvalue weighted by atomic mass is 16.1. The Labute approximate surface area is 122 Å². The van der Waals surface area contributed by atoms with E-state index in [4.69, 9.17) is 5.73 Å². The van der Waals surface area contributed by atoms with Gasteiger partial charge in [-0.05, 0) is 26.0 Å². The molecule has 0 spiro atoms. The van der Waals surface area contributed by atoms with Crippen LogP contribution in [0.5, 0.6) is 0 Å². The highest BCUT2D eigenvalue weighted by Crippen LogP contribution is 2.25. The third-order valence-electron chi connectivity index (χ3n) is 3.26. The Balaban J connectivity index is 2.65. The second-order valence-electron chi connectivity index (χ2n) is 4.76. The first-order valence-electron chi connectivity index (χ1n) is 6.47. The molecule has 0 bridgehead atoms. The van der Waals surface area contributed by atoms with Gasteiger partial charge in [-0.15, -0.1) is 0 Å². The minimum atomic E-state index is -0.338. The summed E-state index contributed by atoms with van der Waals surface area (Å²) in [6.45, 7) is 2.70. The standard InChI is InChI=1S/C17H15NO3/c1-10(19)13-8-9-14(15(11(2)20)16(13)18)17(21)12-6-4-3-5-7-12/h3-9H,18H2,1-2H3. The number of ketones is 3. The van der Waals surface area contributed by atoms with Crippen molar-refractivity contribution in [2.75, 3.05) is 5.73 Å². The van der Waals surface area contributed by atoms with Gasteiger partial charge in [0.25, 0.3) is 0 Å². The van der Waals surface area contributed by atoms with Crippen LogP contribution < -0.4 is 5.73 Å². The van der Waals surface area contributed by atoms with Crippen molar-refractivity contribution < 1.29 is 14.4 Å². The maximum atomic E-state index is 12.5. The van der Waals surface area contributed by atoms with Crippen molar-refractivity contribution >= 4 is 23.0 Å². The van der Waals surface area contributed by atoms with Crippen LogP contribution in [-0.4, -0.2) is 17.3 Å². The summed E-state index contributed by atoms with van der Waals surface area (Å²) in [5.41, 5.74) is 7.02. The third-order valence-corrected chi connectivity index (χ3v) is 3.26. The lowest BCUT2D eigenvalue weighted by Gasteiger charge is -2.12. The lowest BCUT2D eigenvalue weighted by Crippen LogP contribution is -2.14. The molecule has 2 rings (SSSR count). The van der Waals surface area contributed by atoms with E-state index in [1.165, 1.54) is 26.0 Å². The monoisotopic (exact) mass is 281 g/mol. The molecule has 0 aliphatic heterocycles. The molecule has 0 aliphatic rings. The highest BCUT2D eigenvalue weighted by Gasteiger charge is 2.21. The van der Waals surface area contributed by atoms with Crippen molar-refractivity contribution in [3.8, 4) is 0 Å². The normalized spacial score (nSPS) is 10.2. The van der Waals surface area contributed by atoms with Crippen molar-refractivity contribution in [3.63, 3.8) is 0 Å². The molecule has 0 amide bonds. The van der Waals surface area contributed by atoms with Crippen LogP contribution in [0.4, 0.5) is 5.69 Å². The molecule has 0 aromatic heterocycles. The lowest BCUT2D eigenvalue weighted by molar-refractivity contribution is 0.0990. The predicted molar refractivity (Wildman–Crippen MR) is 80.7 cm³/mol. The van der Waals surface area contributed by atoms with E-state index in [9.17, 15) is 14.4 Å². The summed E-state index contributed by atoms with van der Waals surface area (Å²) in [5, 5.41) is 0. The van der Waals surface area contributed by atoms with Crippen molar-refractivity contribution in [2.24, 2.45) is 0 Å². The quantitative estimate of drug-likeness (QED) is 0.690. The zero-order chi connectivity index (χ0) is 15.6. The molecule has 0 aliphatic carbocycles. The summed E-state index contributed by atoms with van der Waals surface area (Å²) in [6, 6.07) is 11.6. The van der Waals surface area contributed by atoms with Gasteiger partial charge in [0.1, 0.15) is 0 Å². The zero-order valence-electron chi connectivity index (χ0n) is 11.8. The smallest absolute Gasteiger partial charge is 0.193 e. The van der Waals surface area contributed by atoms with Crippen LogP contribution in [0, 0.1) is 0 Å².